The van der Waals surface area contributed by atoms with E-state index in [-0.39, 0.29) is 11.7 Å². The van der Waals surface area contributed by atoms with Gasteiger partial charge in [0.15, 0.2) is 0 Å². The van der Waals surface area contributed by atoms with Gasteiger partial charge in [-0.2, -0.15) is 18.2 Å². The summed E-state index contributed by atoms with van der Waals surface area (Å²) >= 11 is 0. The van der Waals surface area contributed by atoms with Crippen molar-refractivity contribution in [1.29, 1.82) is 0 Å². The van der Waals surface area contributed by atoms with Crippen molar-refractivity contribution in [3.8, 4) is 17.4 Å². The van der Waals surface area contributed by atoms with Crippen molar-refractivity contribution in [2.24, 2.45) is 0 Å². The van der Waals surface area contributed by atoms with Gasteiger partial charge >= 0.3 is 6.18 Å². The smallest absolute Gasteiger partial charge is 0.451 e. The van der Waals surface area contributed by atoms with Gasteiger partial charge in [0.2, 0.25) is 11.7 Å². The van der Waals surface area contributed by atoms with Gasteiger partial charge in [0.1, 0.15) is 17.3 Å². The first-order chi connectivity index (χ1) is 9.92. The van der Waals surface area contributed by atoms with Gasteiger partial charge in [-0.3, -0.25) is 0 Å². The van der Waals surface area contributed by atoms with Gasteiger partial charge in [-0.05, 0) is 24.3 Å². The lowest BCUT2D eigenvalue weighted by molar-refractivity contribution is -0.145. The van der Waals surface area contributed by atoms with E-state index in [0.717, 1.165) is 0 Å². The van der Waals surface area contributed by atoms with Crippen LogP contribution in [-0.4, -0.2) is 24.1 Å². The van der Waals surface area contributed by atoms with Crippen LogP contribution in [-0.2, 0) is 6.18 Å². The summed E-state index contributed by atoms with van der Waals surface area (Å²) in [6, 6.07) is 7.65. The van der Waals surface area contributed by atoms with Crippen LogP contribution in [0.3, 0.4) is 0 Å². The molecule has 1 N–H and O–H groups in total. The highest BCUT2D eigenvalue weighted by Gasteiger charge is 2.35. The number of methoxy groups -OCH3 is 1. The lowest BCUT2D eigenvalue weighted by atomic mass is 10.3. The Balaban J connectivity index is 2.29. The zero-order valence-corrected chi connectivity index (χ0v) is 11.2. The Hall–Kier alpha value is -2.51. The van der Waals surface area contributed by atoms with Crippen LogP contribution in [0.4, 0.5) is 19.0 Å². The molecule has 0 amide bonds. The van der Waals surface area contributed by atoms with E-state index < -0.39 is 12.0 Å². The van der Waals surface area contributed by atoms with Crippen molar-refractivity contribution >= 4 is 5.82 Å². The SMILES string of the molecule is CNc1cc(Oc2ccc(OC)cc2)nc(C(F)(F)F)n1. The Kier molecular flexibility index (Phi) is 4.15. The van der Waals surface area contributed by atoms with Crippen molar-refractivity contribution in [3.05, 3.63) is 36.2 Å². The minimum Gasteiger partial charge on any atom is -0.497 e. The Morgan fingerprint density at radius 1 is 1.05 bits per heavy atom. The molecule has 5 nitrogen and oxygen atoms in total. The molecule has 0 unspecified atom stereocenters. The van der Waals surface area contributed by atoms with E-state index in [1.807, 2.05) is 0 Å². The maximum Gasteiger partial charge on any atom is 0.451 e. The number of hydrogen-bond donors (Lipinski definition) is 1. The molecule has 0 fully saturated rings. The van der Waals surface area contributed by atoms with Crippen LogP contribution in [0, 0.1) is 0 Å². The maximum atomic E-state index is 12.7. The summed E-state index contributed by atoms with van der Waals surface area (Å²) in [7, 11) is 2.97. The van der Waals surface area contributed by atoms with E-state index in [4.69, 9.17) is 9.47 Å². The first-order valence-corrected chi connectivity index (χ1v) is 5.88. The molecule has 112 valence electrons. The third kappa shape index (κ3) is 3.74. The molecule has 8 heteroatoms. The number of rotatable bonds is 4. The van der Waals surface area contributed by atoms with Crippen molar-refractivity contribution in [1.82, 2.24) is 9.97 Å². The van der Waals surface area contributed by atoms with E-state index >= 15 is 0 Å². The molecule has 0 aliphatic carbocycles. The standard InChI is InChI=1S/C13H12F3N3O2/c1-17-10-7-11(19-12(18-10)13(14,15)16)21-9-5-3-8(20-2)4-6-9/h3-7H,1-2H3,(H,17,18,19). The number of hydrogen-bond acceptors (Lipinski definition) is 5. The number of nitrogens with zero attached hydrogens (tertiary/aromatic N) is 2. The number of nitrogens with one attached hydrogen (secondary N) is 1. The van der Waals surface area contributed by atoms with Gasteiger partial charge in [-0.1, -0.05) is 0 Å². The van der Waals surface area contributed by atoms with E-state index in [1.54, 1.807) is 24.3 Å². The Labute approximate surface area is 118 Å². The highest BCUT2D eigenvalue weighted by molar-refractivity contribution is 5.40. The average Bonchev–Trinajstić information content (AvgIpc) is 2.46. The quantitative estimate of drug-likeness (QED) is 0.938. The Bertz CT molecular complexity index is 615. The van der Waals surface area contributed by atoms with Crippen LogP contribution in [0.15, 0.2) is 30.3 Å². The number of ether oxygens (including phenoxy) is 2. The fourth-order valence-corrected chi connectivity index (χ4v) is 1.50. The summed E-state index contributed by atoms with van der Waals surface area (Å²) < 4.78 is 48.4. The highest BCUT2D eigenvalue weighted by atomic mass is 19.4. The molecule has 0 saturated heterocycles. The van der Waals surface area contributed by atoms with Crippen molar-refractivity contribution in [3.63, 3.8) is 0 Å². The molecule has 2 aromatic rings. The van der Waals surface area contributed by atoms with Crippen LogP contribution < -0.4 is 14.8 Å². The molecule has 0 aliphatic rings. The fourth-order valence-electron chi connectivity index (χ4n) is 1.50. The van der Waals surface area contributed by atoms with Crippen molar-refractivity contribution in [2.75, 3.05) is 19.5 Å². The zero-order valence-electron chi connectivity index (χ0n) is 11.2. The van der Waals surface area contributed by atoms with Crippen LogP contribution in [0.25, 0.3) is 0 Å². The molecule has 1 aromatic carbocycles. The normalized spacial score (nSPS) is 11.1. The van der Waals surface area contributed by atoms with Gasteiger partial charge in [0, 0.05) is 13.1 Å². The molecular formula is C13H12F3N3O2. The van der Waals surface area contributed by atoms with Gasteiger partial charge in [0.05, 0.1) is 7.11 Å². The van der Waals surface area contributed by atoms with E-state index in [0.29, 0.717) is 11.5 Å². The second kappa shape index (κ2) is 5.86. The molecule has 2 rings (SSSR count). The predicted octanol–water partition coefficient (Wildman–Crippen LogP) is 3.34. The topological polar surface area (TPSA) is 56.3 Å². The van der Waals surface area contributed by atoms with Crippen LogP contribution in [0.5, 0.6) is 17.4 Å². The van der Waals surface area contributed by atoms with Gasteiger partial charge in [-0.25, -0.2) is 4.98 Å². The predicted molar refractivity (Wildman–Crippen MR) is 69.6 cm³/mol. The highest BCUT2D eigenvalue weighted by Crippen LogP contribution is 2.30. The third-order valence-electron chi connectivity index (χ3n) is 2.49. The number of alkyl halides is 3. The Morgan fingerprint density at radius 3 is 2.19 bits per heavy atom. The van der Waals surface area contributed by atoms with Crippen LogP contribution in [0.2, 0.25) is 0 Å². The van der Waals surface area contributed by atoms with E-state index in [9.17, 15) is 13.2 Å². The molecule has 1 heterocycles. The first-order valence-electron chi connectivity index (χ1n) is 5.88. The van der Waals surface area contributed by atoms with Gasteiger partial charge in [0.25, 0.3) is 0 Å². The second-order valence-electron chi connectivity index (χ2n) is 3.94. The summed E-state index contributed by atoms with van der Waals surface area (Å²) in [6.07, 6.45) is -4.65. The summed E-state index contributed by atoms with van der Waals surface area (Å²) in [5, 5.41) is 2.53. The summed E-state index contributed by atoms with van der Waals surface area (Å²) in [5.41, 5.74) is 0. The first kappa shape index (κ1) is 14.9. The Morgan fingerprint density at radius 2 is 1.67 bits per heavy atom. The summed E-state index contributed by atoms with van der Waals surface area (Å²) in [5.74, 6) is -0.507. The number of halogens is 3. The van der Waals surface area contributed by atoms with Crippen LogP contribution in [0.1, 0.15) is 5.82 Å². The number of aromatic nitrogens is 2. The van der Waals surface area contributed by atoms with E-state index in [2.05, 4.69) is 15.3 Å². The summed E-state index contributed by atoms with van der Waals surface area (Å²) in [6.45, 7) is 0. The van der Waals surface area contributed by atoms with Gasteiger partial charge in [-0.15, -0.1) is 0 Å². The molecule has 21 heavy (non-hydrogen) atoms. The molecule has 0 atom stereocenters. The number of anilines is 1. The molecule has 0 aliphatic heterocycles. The maximum absolute atomic E-state index is 12.7. The van der Waals surface area contributed by atoms with Crippen molar-refractivity contribution in [2.45, 2.75) is 6.18 Å². The third-order valence-corrected chi connectivity index (χ3v) is 2.49. The van der Waals surface area contributed by atoms with E-state index in [1.165, 1.54) is 20.2 Å². The fraction of sp³-hybridized carbons (Fsp3) is 0.231. The lowest BCUT2D eigenvalue weighted by Gasteiger charge is -2.11. The van der Waals surface area contributed by atoms with Gasteiger partial charge < -0.3 is 14.8 Å². The molecule has 0 saturated carbocycles. The minimum absolute atomic E-state index is 0.0147. The molecule has 0 radical (unpaired) electrons. The molecule has 0 bridgehead atoms. The monoisotopic (exact) mass is 299 g/mol. The zero-order chi connectivity index (χ0) is 15.5. The molecular weight excluding hydrogens is 287 g/mol. The number of benzene rings is 1. The van der Waals surface area contributed by atoms with Crippen LogP contribution >= 0.6 is 0 Å². The second-order valence-corrected chi connectivity index (χ2v) is 3.94. The average molecular weight is 299 g/mol. The molecule has 1 aromatic heterocycles. The minimum atomic E-state index is -4.65. The lowest BCUT2D eigenvalue weighted by Crippen LogP contribution is -2.12. The van der Waals surface area contributed by atoms with Crippen molar-refractivity contribution < 1.29 is 22.6 Å². The molecule has 0 spiro atoms. The summed E-state index contributed by atoms with van der Waals surface area (Å²) in [4.78, 5) is 6.71. The largest absolute Gasteiger partial charge is 0.497 e.